The summed E-state index contributed by atoms with van der Waals surface area (Å²) in [5.74, 6) is 0. The number of rotatable bonds is 3. The van der Waals surface area contributed by atoms with Crippen molar-refractivity contribution < 1.29 is 0 Å². The SMILES string of the molecule is N#Cc1ccc2c(c1)c1ccccc1n2-c1cccc(-c2cccc(-n3c4ccccc4c4ccccc43)c2)c1. The van der Waals surface area contributed by atoms with Crippen molar-refractivity contribution in [2.24, 2.45) is 0 Å². The molecule has 0 spiro atoms. The molecule has 0 aliphatic rings. The van der Waals surface area contributed by atoms with E-state index in [2.05, 4.69) is 143 Å². The average Bonchev–Trinajstić information content (AvgIpc) is 3.54. The van der Waals surface area contributed by atoms with E-state index >= 15 is 0 Å². The topological polar surface area (TPSA) is 33.6 Å². The molecular weight excluding hydrogens is 486 g/mol. The second-order valence-corrected chi connectivity index (χ2v) is 10.2. The van der Waals surface area contributed by atoms with Gasteiger partial charge in [0.1, 0.15) is 0 Å². The van der Waals surface area contributed by atoms with Crippen LogP contribution in [0.1, 0.15) is 5.56 Å². The fourth-order valence-corrected chi connectivity index (χ4v) is 6.17. The summed E-state index contributed by atoms with van der Waals surface area (Å²) in [4.78, 5) is 0. The van der Waals surface area contributed by atoms with Gasteiger partial charge in [-0.3, -0.25) is 0 Å². The van der Waals surface area contributed by atoms with Crippen molar-refractivity contribution in [1.29, 1.82) is 5.26 Å². The fraction of sp³-hybridized carbons (Fsp3) is 0. The molecule has 8 rings (SSSR count). The van der Waals surface area contributed by atoms with Crippen LogP contribution < -0.4 is 0 Å². The maximum absolute atomic E-state index is 9.50. The predicted molar refractivity (Wildman–Crippen MR) is 165 cm³/mol. The first-order chi connectivity index (χ1) is 19.8. The maximum atomic E-state index is 9.50. The third-order valence-corrected chi connectivity index (χ3v) is 7.92. The van der Waals surface area contributed by atoms with E-state index in [0.29, 0.717) is 5.56 Å². The van der Waals surface area contributed by atoms with Gasteiger partial charge in [-0.1, -0.05) is 78.9 Å². The van der Waals surface area contributed by atoms with Crippen LogP contribution in [0, 0.1) is 11.3 Å². The zero-order chi connectivity index (χ0) is 26.6. The van der Waals surface area contributed by atoms with Gasteiger partial charge in [-0.05, 0) is 71.8 Å². The molecule has 0 aliphatic heterocycles. The number of aromatic nitrogens is 2. The molecule has 0 saturated heterocycles. The smallest absolute Gasteiger partial charge is 0.0991 e. The second-order valence-electron chi connectivity index (χ2n) is 10.2. The van der Waals surface area contributed by atoms with Gasteiger partial charge >= 0.3 is 0 Å². The van der Waals surface area contributed by atoms with Crippen LogP contribution in [0.25, 0.3) is 66.1 Å². The number of fused-ring (bicyclic) bond motifs is 6. The number of hydrogen-bond donors (Lipinski definition) is 0. The van der Waals surface area contributed by atoms with Gasteiger partial charge in [0.05, 0.1) is 33.7 Å². The summed E-state index contributed by atoms with van der Waals surface area (Å²) in [6, 6.07) is 51.4. The van der Waals surface area contributed by atoms with Gasteiger partial charge < -0.3 is 9.13 Å². The minimum atomic E-state index is 0.672. The van der Waals surface area contributed by atoms with Crippen LogP contribution in [-0.4, -0.2) is 9.13 Å². The molecule has 8 aromatic rings. The molecule has 0 aliphatic carbocycles. The number of hydrogen-bond acceptors (Lipinski definition) is 1. The van der Waals surface area contributed by atoms with E-state index in [1.165, 1.54) is 21.8 Å². The average molecular weight is 510 g/mol. The molecule has 0 radical (unpaired) electrons. The lowest BCUT2D eigenvalue weighted by molar-refractivity contribution is 1.17. The predicted octanol–water partition coefficient (Wildman–Crippen LogP) is 9.42. The molecule has 6 aromatic carbocycles. The Kier molecular flexibility index (Phi) is 4.89. The largest absolute Gasteiger partial charge is 0.309 e. The van der Waals surface area contributed by atoms with Crippen molar-refractivity contribution in [2.45, 2.75) is 0 Å². The van der Waals surface area contributed by atoms with Crippen molar-refractivity contribution in [1.82, 2.24) is 9.13 Å². The lowest BCUT2D eigenvalue weighted by Gasteiger charge is -2.12. The Labute approximate surface area is 231 Å². The molecule has 3 heteroatoms. The molecule has 2 aromatic heterocycles. The third kappa shape index (κ3) is 3.30. The van der Waals surface area contributed by atoms with E-state index in [4.69, 9.17) is 0 Å². The molecule has 2 heterocycles. The van der Waals surface area contributed by atoms with Gasteiger partial charge in [-0.25, -0.2) is 0 Å². The third-order valence-electron chi connectivity index (χ3n) is 7.92. The maximum Gasteiger partial charge on any atom is 0.0991 e. The van der Waals surface area contributed by atoms with E-state index in [9.17, 15) is 5.26 Å². The molecule has 0 atom stereocenters. The monoisotopic (exact) mass is 509 g/mol. The molecule has 0 saturated carbocycles. The Morgan fingerprint density at radius 3 is 1.35 bits per heavy atom. The summed E-state index contributed by atoms with van der Waals surface area (Å²) < 4.78 is 4.66. The molecule has 186 valence electrons. The molecular formula is C37H23N3. The summed E-state index contributed by atoms with van der Waals surface area (Å²) in [6.45, 7) is 0. The standard InChI is InChI=1S/C37H23N3/c38-24-25-19-20-37-33(21-25)32-15-3-6-18-36(32)40(37)29-12-8-10-27(23-29)26-9-7-11-28(22-26)39-34-16-4-1-13-30(34)31-14-2-5-17-35(31)39/h1-23H. The molecule has 3 nitrogen and oxygen atoms in total. The van der Waals surface area contributed by atoms with Crippen molar-refractivity contribution >= 4 is 43.6 Å². The highest BCUT2D eigenvalue weighted by Crippen LogP contribution is 2.35. The molecule has 0 N–H and O–H groups in total. The first-order valence-electron chi connectivity index (χ1n) is 13.4. The lowest BCUT2D eigenvalue weighted by atomic mass is 10.0. The molecule has 0 amide bonds. The lowest BCUT2D eigenvalue weighted by Crippen LogP contribution is -1.96. The van der Waals surface area contributed by atoms with Crippen LogP contribution >= 0.6 is 0 Å². The Morgan fingerprint density at radius 1 is 0.400 bits per heavy atom. The van der Waals surface area contributed by atoms with Crippen molar-refractivity contribution in [2.75, 3.05) is 0 Å². The normalized spacial score (nSPS) is 11.5. The minimum absolute atomic E-state index is 0.672. The molecule has 0 fully saturated rings. The first kappa shape index (κ1) is 22.4. The highest BCUT2D eigenvalue weighted by Gasteiger charge is 2.15. The van der Waals surface area contributed by atoms with Crippen LogP contribution in [0.3, 0.4) is 0 Å². The van der Waals surface area contributed by atoms with E-state index < -0.39 is 0 Å². The van der Waals surface area contributed by atoms with Gasteiger partial charge in [-0.15, -0.1) is 0 Å². The molecule has 40 heavy (non-hydrogen) atoms. The van der Waals surface area contributed by atoms with E-state index in [0.717, 1.165) is 44.3 Å². The zero-order valence-electron chi connectivity index (χ0n) is 21.6. The van der Waals surface area contributed by atoms with Gasteiger partial charge in [0.2, 0.25) is 0 Å². The highest BCUT2D eigenvalue weighted by atomic mass is 15.0. The summed E-state index contributed by atoms with van der Waals surface area (Å²) in [7, 11) is 0. The number of para-hydroxylation sites is 3. The summed E-state index contributed by atoms with van der Waals surface area (Å²) in [5, 5.41) is 14.3. The van der Waals surface area contributed by atoms with E-state index in [1.54, 1.807) is 0 Å². The summed E-state index contributed by atoms with van der Waals surface area (Å²) >= 11 is 0. The van der Waals surface area contributed by atoms with Crippen molar-refractivity contribution in [3.8, 4) is 28.6 Å². The van der Waals surface area contributed by atoms with Crippen LogP contribution in [0.2, 0.25) is 0 Å². The van der Waals surface area contributed by atoms with Crippen LogP contribution in [0.4, 0.5) is 0 Å². The Morgan fingerprint density at radius 2 is 0.850 bits per heavy atom. The zero-order valence-corrected chi connectivity index (χ0v) is 21.6. The fourth-order valence-electron chi connectivity index (χ4n) is 6.17. The van der Waals surface area contributed by atoms with Crippen molar-refractivity contribution in [3.05, 3.63) is 145 Å². The van der Waals surface area contributed by atoms with E-state index in [-0.39, 0.29) is 0 Å². The van der Waals surface area contributed by atoms with Crippen molar-refractivity contribution in [3.63, 3.8) is 0 Å². The van der Waals surface area contributed by atoms with Crippen LogP contribution in [0.15, 0.2) is 140 Å². The van der Waals surface area contributed by atoms with Crippen LogP contribution in [0.5, 0.6) is 0 Å². The molecule has 0 bridgehead atoms. The summed E-state index contributed by atoms with van der Waals surface area (Å²) in [5.41, 5.74) is 9.85. The number of nitriles is 1. The number of nitrogens with zero attached hydrogens (tertiary/aromatic N) is 3. The van der Waals surface area contributed by atoms with Gasteiger partial charge in [0.25, 0.3) is 0 Å². The van der Waals surface area contributed by atoms with Gasteiger partial charge in [0.15, 0.2) is 0 Å². The molecule has 0 unspecified atom stereocenters. The second kappa shape index (κ2) is 8.73. The first-order valence-corrected chi connectivity index (χ1v) is 13.4. The Hall–Kier alpha value is -5.59. The Balaban J connectivity index is 1.31. The van der Waals surface area contributed by atoms with Crippen LogP contribution in [-0.2, 0) is 0 Å². The van der Waals surface area contributed by atoms with Gasteiger partial charge in [0, 0.05) is 32.9 Å². The quantitative estimate of drug-likeness (QED) is 0.233. The highest BCUT2D eigenvalue weighted by molar-refractivity contribution is 6.10. The minimum Gasteiger partial charge on any atom is -0.309 e. The van der Waals surface area contributed by atoms with Gasteiger partial charge in [-0.2, -0.15) is 5.26 Å². The Bertz CT molecular complexity index is 2240. The summed E-state index contributed by atoms with van der Waals surface area (Å²) in [6.07, 6.45) is 0. The number of benzene rings is 6. The van der Waals surface area contributed by atoms with E-state index in [1.807, 2.05) is 12.1 Å².